The molecule has 0 spiro atoms. The molecule has 0 heterocycles. The van der Waals surface area contributed by atoms with Gasteiger partial charge in [0.25, 0.3) is 0 Å². The third-order valence-corrected chi connectivity index (χ3v) is 0.988. The predicted octanol–water partition coefficient (Wildman–Crippen LogP) is -0.881. The zero-order valence-electron chi connectivity index (χ0n) is 6.13. The number of hydrogen-bond acceptors (Lipinski definition) is 2. The summed E-state index contributed by atoms with van der Waals surface area (Å²) < 4.78 is 8.79. The van der Waals surface area contributed by atoms with Crippen molar-refractivity contribution in [1.29, 1.82) is 0 Å². The molecule has 0 fully saturated rings. The third-order valence-electron chi connectivity index (χ3n) is 0.494. The Morgan fingerprint density at radius 1 is 1.45 bits per heavy atom. The van der Waals surface area contributed by atoms with Crippen molar-refractivity contribution in [1.82, 2.24) is 0 Å². The largest absolute Gasteiger partial charge is 0.466 e. The van der Waals surface area contributed by atoms with Gasteiger partial charge in [-0.2, -0.15) is 0 Å². The quantitative estimate of drug-likeness (QED) is 0.318. The average molecular weight is 194 g/mol. The summed E-state index contributed by atoms with van der Waals surface area (Å²) in [5, 5.41) is 8.03. The molecule has 0 aromatic rings. The van der Waals surface area contributed by atoms with Gasteiger partial charge in [0.05, 0.1) is 0 Å². The first-order valence-corrected chi connectivity index (χ1v) is 5.37. The monoisotopic (exact) mass is 194 g/mol. The fraction of sp³-hybridized carbons (Fsp3) is 0.667. The van der Waals surface area contributed by atoms with Crippen molar-refractivity contribution in [2.75, 3.05) is 0 Å². The SMILES string of the molecule is C[CH]([Na])C(=O)O.O=P(O)(O)O. The average Bonchev–Trinajstić information content (AvgIpc) is 1.59. The number of phosphoric acid groups is 1. The van der Waals surface area contributed by atoms with Gasteiger partial charge < -0.3 is 14.7 Å². The van der Waals surface area contributed by atoms with Crippen LogP contribution in [0.1, 0.15) is 6.92 Å². The van der Waals surface area contributed by atoms with E-state index in [-0.39, 0.29) is 3.17 Å². The zero-order valence-corrected chi connectivity index (χ0v) is 9.02. The molecule has 1 unspecified atom stereocenters. The van der Waals surface area contributed by atoms with Gasteiger partial charge in [0.1, 0.15) is 0 Å². The van der Waals surface area contributed by atoms with Gasteiger partial charge in [0.2, 0.25) is 0 Å². The summed E-state index contributed by atoms with van der Waals surface area (Å²) in [6.45, 7) is 1.70. The number of aliphatic carboxylic acids is 1. The third kappa shape index (κ3) is 37.1. The minimum absolute atomic E-state index is 0.0926. The number of carboxylic acids is 1. The summed E-state index contributed by atoms with van der Waals surface area (Å²) >= 11 is 0.754. The van der Waals surface area contributed by atoms with E-state index in [1.54, 1.807) is 6.92 Å². The molecule has 0 aliphatic rings. The minimum Gasteiger partial charge on any atom is -0.303 e. The second kappa shape index (κ2) is 6.14. The van der Waals surface area contributed by atoms with Gasteiger partial charge in [-0.15, -0.1) is 0 Å². The molecule has 0 amide bonds. The number of carboxylic acid groups (broad SMARTS) is 1. The van der Waals surface area contributed by atoms with E-state index in [9.17, 15) is 4.79 Å². The van der Waals surface area contributed by atoms with E-state index >= 15 is 0 Å². The van der Waals surface area contributed by atoms with Crippen LogP contribution in [0.3, 0.4) is 0 Å². The minimum atomic E-state index is -4.64. The Morgan fingerprint density at radius 3 is 1.55 bits per heavy atom. The molecule has 0 rings (SSSR count). The van der Waals surface area contributed by atoms with E-state index in [2.05, 4.69) is 0 Å². The topological polar surface area (TPSA) is 115 Å². The van der Waals surface area contributed by atoms with E-state index in [0.29, 0.717) is 0 Å². The molecular weight excluding hydrogens is 186 g/mol. The molecule has 1 atom stereocenters. The molecule has 0 aromatic heterocycles. The maximum absolute atomic E-state index is 9.73. The van der Waals surface area contributed by atoms with Crippen molar-refractivity contribution in [2.24, 2.45) is 0 Å². The van der Waals surface area contributed by atoms with Crippen LogP contribution in [-0.4, -0.2) is 53.7 Å². The van der Waals surface area contributed by atoms with Gasteiger partial charge in [-0.25, -0.2) is 4.57 Å². The summed E-state index contributed by atoms with van der Waals surface area (Å²) in [6.07, 6.45) is 0. The Hall–Kier alpha value is 0.580. The van der Waals surface area contributed by atoms with E-state index in [1.807, 2.05) is 0 Å². The zero-order chi connectivity index (χ0) is 9.65. The molecular formula is C3H8NaO6P. The van der Waals surface area contributed by atoms with Crippen molar-refractivity contribution in [3.05, 3.63) is 0 Å². The van der Waals surface area contributed by atoms with Crippen molar-refractivity contribution >= 4 is 41.7 Å². The maximum atomic E-state index is 9.73. The molecule has 0 bridgehead atoms. The molecule has 0 saturated carbocycles. The second-order valence-corrected chi connectivity index (χ2v) is 4.76. The van der Waals surface area contributed by atoms with Gasteiger partial charge in [-0.05, 0) is 0 Å². The van der Waals surface area contributed by atoms with Crippen LogP contribution in [0, 0.1) is 0 Å². The van der Waals surface area contributed by atoms with Gasteiger partial charge in [0.15, 0.2) is 0 Å². The van der Waals surface area contributed by atoms with E-state index in [4.69, 9.17) is 24.4 Å². The Labute approximate surface area is 80.9 Å². The normalized spacial score (nSPS) is 12.9. The first-order chi connectivity index (χ1) is 4.64. The smallest absolute Gasteiger partial charge is 0.303 e. The summed E-state index contributed by atoms with van der Waals surface area (Å²) in [5.41, 5.74) is 0. The Morgan fingerprint density at radius 2 is 1.55 bits per heavy atom. The summed E-state index contributed by atoms with van der Waals surface area (Å²) in [6, 6.07) is 0. The number of rotatable bonds is 1. The van der Waals surface area contributed by atoms with Crippen molar-refractivity contribution in [3.63, 3.8) is 0 Å². The molecule has 0 saturated heterocycles. The Kier molecular flexibility index (Phi) is 7.88. The van der Waals surface area contributed by atoms with Crippen molar-refractivity contribution < 1.29 is 29.1 Å². The molecule has 0 aromatic carbocycles. The molecule has 0 radical (unpaired) electrons. The van der Waals surface area contributed by atoms with Crippen LogP contribution in [-0.2, 0) is 9.36 Å². The van der Waals surface area contributed by atoms with Crippen LogP contribution in [0.4, 0.5) is 0 Å². The summed E-state index contributed by atoms with van der Waals surface area (Å²) in [5.74, 6) is -0.679. The van der Waals surface area contributed by atoms with E-state index in [0.717, 1.165) is 27.9 Å². The summed E-state index contributed by atoms with van der Waals surface area (Å²) in [4.78, 5) is 31.3. The molecule has 0 aliphatic carbocycles. The van der Waals surface area contributed by atoms with Crippen LogP contribution in [0.25, 0.3) is 0 Å². The standard InChI is InChI=1S/C3H5O2.Na.H3O4P/c1-2-3(4)5;;1-5(2,3)4/h2H,1H3,(H,4,5);;(H3,1,2,3,4). The molecule has 6 nitrogen and oxygen atoms in total. The molecule has 62 valence electrons. The Balaban J connectivity index is 0. The predicted molar refractivity (Wildman–Crippen MR) is 37.1 cm³/mol. The molecule has 8 heteroatoms. The van der Waals surface area contributed by atoms with Crippen LogP contribution >= 0.6 is 7.82 Å². The van der Waals surface area contributed by atoms with E-state index in [1.165, 1.54) is 0 Å². The summed E-state index contributed by atoms with van der Waals surface area (Å²) in [7, 11) is -4.64. The van der Waals surface area contributed by atoms with Crippen LogP contribution < -0.4 is 0 Å². The number of hydrogen-bond donors (Lipinski definition) is 4. The van der Waals surface area contributed by atoms with Crippen LogP contribution in [0.15, 0.2) is 0 Å². The Bertz CT molecular complexity index is 153. The van der Waals surface area contributed by atoms with Gasteiger partial charge in [0, 0.05) is 0 Å². The van der Waals surface area contributed by atoms with Crippen molar-refractivity contribution in [2.45, 2.75) is 10.1 Å². The number of carbonyl (C=O) groups is 1. The molecule has 0 aliphatic heterocycles. The van der Waals surface area contributed by atoms with Gasteiger partial charge >= 0.3 is 61.7 Å². The second-order valence-electron chi connectivity index (χ2n) is 2.01. The molecule has 11 heavy (non-hydrogen) atoms. The van der Waals surface area contributed by atoms with Crippen molar-refractivity contribution in [3.8, 4) is 0 Å². The maximum Gasteiger partial charge on any atom is 0.466 e. The first-order valence-electron chi connectivity index (χ1n) is 2.65. The fourth-order valence-electron chi connectivity index (χ4n) is 0. The first kappa shape index (κ1) is 14.1. The van der Waals surface area contributed by atoms with Gasteiger partial charge in [-0.3, -0.25) is 0 Å². The van der Waals surface area contributed by atoms with Gasteiger partial charge in [-0.1, -0.05) is 0 Å². The van der Waals surface area contributed by atoms with Crippen LogP contribution in [0.2, 0.25) is 3.17 Å². The van der Waals surface area contributed by atoms with E-state index < -0.39 is 13.8 Å². The molecule has 4 N–H and O–H groups in total. The van der Waals surface area contributed by atoms with Crippen LogP contribution in [0.5, 0.6) is 0 Å². The fourth-order valence-corrected chi connectivity index (χ4v) is 0.